The van der Waals surface area contributed by atoms with Gasteiger partial charge >= 0.3 is 5.97 Å². The van der Waals surface area contributed by atoms with Gasteiger partial charge in [0, 0.05) is 0 Å². The summed E-state index contributed by atoms with van der Waals surface area (Å²) in [6.45, 7) is 4.79. The Hall–Kier alpha value is -1.69. The molecule has 0 N–H and O–H groups in total. The van der Waals surface area contributed by atoms with Gasteiger partial charge in [-0.3, -0.25) is 14.5 Å². The van der Waals surface area contributed by atoms with Crippen LogP contribution >= 0.6 is 0 Å². The van der Waals surface area contributed by atoms with E-state index in [0.717, 1.165) is 6.42 Å². The van der Waals surface area contributed by atoms with E-state index in [1.54, 1.807) is 0 Å². The third-order valence-corrected chi connectivity index (χ3v) is 5.41. The van der Waals surface area contributed by atoms with E-state index in [-0.39, 0.29) is 54.1 Å². The molecule has 1 heterocycles. The molecule has 4 atom stereocenters. The second kappa shape index (κ2) is 5.99. The number of likely N-dealkylation sites (N-methyl/N-ethyl adjacent to an activating group) is 1. The predicted octanol–water partition coefficient (Wildman–Crippen LogP) is 0.821. The fourth-order valence-electron chi connectivity index (χ4n) is 4.28. The van der Waals surface area contributed by atoms with Crippen LogP contribution in [-0.2, 0) is 19.1 Å². The van der Waals surface area contributed by atoms with Crippen LogP contribution in [0.25, 0.3) is 0 Å². The lowest BCUT2D eigenvalue weighted by Crippen LogP contribution is -2.50. The van der Waals surface area contributed by atoms with Crippen molar-refractivity contribution in [3.05, 3.63) is 12.2 Å². The number of allylic oxidation sites excluding steroid dienone is 2. The van der Waals surface area contributed by atoms with Crippen molar-refractivity contribution in [2.45, 2.75) is 26.4 Å². The molecule has 3 aliphatic rings. The first-order valence-electron chi connectivity index (χ1n) is 8.74. The van der Waals surface area contributed by atoms with Gasteiger partial charge in [-0.05, 0) is 32.1 Å². The lowest BCUT2D eigenvalue weighted by molar-refractivity contribution is -0.882. The standard InChI is InChI=1S/C18H27N2O4/c1-11(2)24-14(21)10-20(3,4)8-7-19-17(22)15-12-5-6-13(9-12)16(15)18(19)23/h5-6,11-13,15-16H,7-10H2,1-4H3/q+1/t12-,13+,15-,16+. The van der Waals surface area contributed by atoms with Crippen molar-refractivity contribution in [1.29, 1.82) is 0 Å². The first-order chi connectivity index (χ1) is 11.2. The van der Waals surface area contributed by atoms with E-state index in [9.17, 15) is 14.4 Å². The summed E-state index contributed by atoms with van der Waals surface area (Å²) in [5.41, 5.74) is 0. The summed E-state index contributed by atoms with van der Waals surface area (Å²) in [6, 6.07) is 0. The maximum absolute atomic E-state index is 12.6. The van der Waals surface area contributed by atoms with Gasteiger partial charge < -0.3 is 9.22 Å². The summed E-state index contributed by atoms with van der Waals surface area (Å²) < 4.78 is 5.58. The molecule has 2 amide bonds. The molecule has 1 saturated carbocycles. The average Bonchev–Trinajstić information content (AvgIpc) is 3.10. The van der Waals surface area contributed by atoms with Crippen molar-refractivity contribution in [3.63, 3.8) is 0 Å². The van der Waals surface area contributed by atoms with Gasteiger partial charge in [0.1, 0.15) is 0 Å². The highest BCUT2D eigenvalue weighted by Gasteiger charge is 2.59. The van der Waals surface area contributed by atoms with E-state index in [1.807, 2.05) is 27.9 Å². The van der Waals surface area contributed by atoms with Crippen LogP contribution in [0.15, 0.2) is 12.2 Å². The number of hydrogen-bond acceptors (Lipinski definition) is 4. The molecule has 0 aromatic heterocycles. The topological polar surface area (TPSA) is 63.7 Å². The lowest BCUT2D eigenvalue weighted by atomic mass is 9.85. The maximum atomic E-state index is 12.6. The monoisotopic (exact) mass is 335 g/mol. The predicted molar refractivity (Wildman–Crippen MR) is 87.5 cm³/mol. The van der Waals surface area contributed by atoms with E-state index >= 15 is 0 Å². The van der Waals surface area contributed by atoms with E-state index in [2.05, 4.69) is 12.2 Å². The molecule has 0 aromatic carbocycles. The minimum Gasteiger partial charge on any atom is -0.459 e. The molecule has 0 aromatic rings. The fraction of sp³-hybridized carbons (Fsp3) is 0.722. The van der Waals surface area contributed by atoms with Crippen LogP contribution in [-0.4, -0.2) is 67.0 Å². The summed E-state index contributed by atoms with van der Waals surface area (Å²) in [4.78, 5) is 38.6. The molecule has 0 radical (unpaired) electrons. The van der Waals surface area contributed by atoms with Crippen LogP contribution in [0.3, 0.4) is 0 Å². The summed E-state index contributed by atoms with van der Waals surface area (Å²) in [5.74, 6) is -0.107. The second-order valence-corrected chi connectivity index (χ2v) is 8.18. The summed E-state index contributed by atoms with van der Waals surface area (Å²) >= 11 is 0. The molecular weight excluding hydrogens is 308 g/mol. The zero-order chi connectivity index (χ0) is 17.6. The van der Waals surface area contributed by atoms with Gasteiger partial charge in [-0.1, -0.05) is 12.2 Å². The van der Waals surface area contributed by atoms with Gasteiger partial charge in [0.15, 0.2) is 6.54 Å². The summed E-state index contributed by atoms with van der Waals surface area (Å²) in [5, 5.41) is 0. The number of carbonyl (C=O) groups is 3. The Morgan fingerprint density at radius 1 is 1.21 bits per heavy atom. The van der Waals surface area contributed by atoms with Crippen LogP contribution in [0.2, 0.25) is 0 Å². The zero-order valence-electron chi connectivity index (χ0n) is 14.9. The average molecular weight is 335 g/mol. The number of quaternary nitrogens is 1. The van der Waals surface area contributed by atoms with Gasteiger partial charge in [-0.25, -0.2) is 4.79 Å². The number of rotatable bonds is 6. The van der Waals surface area contributed by atoms with Crippen LogP contribution in [0.5, 0.6) is 0 Å². The van der Waals surface area contributed by atoms with Crippen LogP contribution in [0.4, 0.5) is 0 Å². The highest BCUT2D eigenvalue weighted by molar-refractivity contribution is 6.06. The molecule has 3 rings (SSSR count). The van der Waals surface area contributed by atoms with Gasteiger partial charge in [-0.2, -0.15) is 0 Å². The second-order valence-electron chi connectivity index (χ2n) is 8.18. The number of esters is 1. The first-order valence-corrected chi connectivity index (χ1v) is 8.74. The van der Waals surface area contributed by atoms with Gasteiger partial charge in [0.05, 0.1) is 45.1 Å². The van der Waals surface area contributed by atoms with Crippen LogP contribution in [0, 0.1) is 23.7 Å². The molecule has 132 valence electrons. The van der Waals surface area contributed by atoms with Gasteiger partial charge in [-0.15, -0.1) is 0 Å². The molecule has 6 heteroatoms. The third kappa shape index (κ3) is 2.99. The largest absolute Gasteiger partial charge is 0.459 e. The van der Waals surface area contributed by atoms with Gasteiger partial charge in [0.25, 0.3) is 0 Å². The molecule has 0 unspecified atom stereocenters. The van der Waals surface area contributed by atoms with E-state index in [4.69, 9.17) is 4.74 Å². The smallest absolute Gasteiger partial charge is 0.362 e. The minimum atomic E-state index is -0.256. The van der Waals surface area contributed by atoms with E-state index in [0.29, 0.717) is 17.6 Å². The normalized spacial score (nSPS) is 31.3. The Kier molecular flexibility index (Phi) is 4.28. The number of hydrogen-bond donors (Lipinski definition) is 0. The molecular formula is C18H27N2O4+. The van der Waals surface area contributed by atoms with Crippen molar-refractivity contribution >= 4 is 17.8 Å². The Balaban J connectivity index is 1.58. The zero-order valence-corrected chi connectivity index (χ0v) is 14.9. The van der Waals surface area contributed by atoms with E-state index < -0.39 is 0 Å². The first kappa shape index (κ1) is 17.1. The Labute approximate surface area is 143 Å². The minimum absolute atomic E-state index is 0.0217. The molecule has 2 bridgehead atoms. The molecule has 2 aliphatic carbocycles. The van der Waals surface area contributed by atoms with Crippen molar-refractivity contribution in [2.75, 3.05) is 33.7 Å². The fourth-order valence-corrected chi connectivity index (χ4v) is 4.28. The Morgan fingerprint density at radius 2 is 1.75 bits per heavy atom. The summed E-state index contributed by atoms with van der Waals surface area (Å²) in [7, 11) is 3.83. The molecule has 2 fully saturated rings. The SMILES string of the molecule is CC(C)OC(=O)C[N+](C)(C)CCN1C(=O)[C@@H]2[C@H](C1=O)[C@@H]1C=C[C@H]2C1. The van der Waals surface area contributed by atoms with E-state index in [1.165, 1.54) is 4.90 Å². The third-order valence-electron chi connectivity index (χ3n) is 5.41. The highest BCUT2D eigenvalue weighted by atomic mass is 16.5. The van der Waals surface area contributed by atoms with Gasteiger partial charge in [0.2, 0.25) is 11.8 Å². The molecule has 0 spiro atoms. The number of imide groups is 1. The molecule has 24 heavy (non-hydrogen) atoms. The number of likely N-dealkylation sites (tertiary alicyclic amines) is 1. The molecule has 6 nitrogen and oxygen atoms in total. The maximum Gasteiger partial charge on any atom is 0.362 e. The number of amides is 2. The Bertz CT molecular complexity index is 566. The molecule has 1 saturated heterocycles. The van der Waals surface area contributed by atoms with Crippen molar-refractivity contribution < 1.29 is 23.6 Å². The van der Waals surface area contributed by atoms with Crippen molar-refractivity contribution in [3.8, 4) is 0 Å². The highest BCUT2D eigenvalue weighted by Crippen LogP contribution is 2.52. The van der Waals surface area contributed by atoms with Crippen molar-refractivity contribution in [2.24, 2.45) is 23.7 Å². The van der Waals surface area contributed by atoms with Crippen molar-refractivity contribution in [1.82, 2.24) is 4.90 Å². The number of ether oxygens (including phenoxy) is 1. The van der Waals surface area contributed by atoms with Crippen LogP contribution < -0.4 is 0 Å². The quantitative estimate of drug-likeness (QED) is 0.312. The van der Waals surface area contributed by atoms with Crippen LogP contribution in [0.1, 0.15) is 20.3 Å². The number of carbonyl (C=O) groups excluding carboxylic acids is 3. The Morgan fingerprint density at radius 3 is 2.25 bits per heavy atom. The number of nitrogens with zero attached hydrogens (tertiary/aromatic N) is 2. The lowest BCUT2D eigenvalue weighted by Gasteiger charge is -2.30. The molecule has 1 aliphatic heterocycles. The number of fused-ring (bicyclic) bond motifs is 5. The summed E-state index contributed by atoms with van der Waals surface area (Å²) in [6.07, 6.45) is 5.01.